The van der Waals surface area contributed by atoms with E-state index in [1.165, 1.54) is 0 Å². The lowest BCUT2D eigenvalue weighted by Crippen LogP contribution is -2.10. The number of halogens is 2. The summed E-state index contributed by atoms with van der Waals surface area (Å²) in [6, 6.07) is 7.25. The summed E-state index contributed by atoms with van der Waals surface area (Å²) in [4.78, 5) is 0. The van der Waals surface area contributed by atoms with Crippen molar-refractivity contribution in [2.24, 2.45) is 5.73 Å². The molecule has 2 N–H and O–H groups in total. The van der Waals surface area contributed by atoms with E-state index in [-0.39, 0.29) is 12.4 Å². The Labute approximate surface area is 83.1 Å². The van der Waals surface area contributed by atoms with E-state index in [1.54, 1.807) is 12.1 Å². The maximum absolute atomic E-state index is 5.71. The summed E-state index contributed by atoms with van der Waals surface area (Å²) in [7, 11) is 0. The van der Waals surface area contributed by atoms with Crippen molar-refractivity contribution >= 4 is 24.0 Å². The van der Waals surface area contributed by atoms with Crippen LogP contribution in [0.3, 0.4) is 0 Å². The van der Waals surface area contributed by atoms with Crippen molar-refractivity contribution in [3.63, 3.8) is 0 Å². The zero-order chi connectivity index (χ0) is 8.10. The van der Waals surface area contributed by atoms with Gasteiger partial charge in [-0.05, 0) is 18.2 Å². The second-order valence-electron chi connectivity index (χ2n) is 2.09. The summed E-state index contributed by atoms with van der Waals surface area (Å²) in [5.41, 5.74) is 5.26. The molecule has 1 aromatic rings. The van der Waals surface area contributed by atoms with Crippen molar-refractivity contribution < 1.29 is 4.74 Å². The van der Waals surface area contributed by atoms with Gasteiger partial charge in [-0.15, -0.1) is 12.4 Å². The molecule has 0 heterocycles. The SMILES string of the molecule is Cl.NCCOc1cccc(Cl)c1. The van der Waals surface area contributed by atoms with E-state index in [0.29, 0.717) is 18.2 Å². The van der Waals surface area contributed by atoms with Crippen molar-refractivity contribution in [1.29, 1.82) is 0 Å². The van der Waals surface area contributed by atoms with Crippen LogP contribution in [0.4, 0.5) is 0 Å². The Morgan fingerprint density at radius 1 is 1.42 bits per heavy atom. The van der Waals surface area contributed by atoms with E-state index in [0.717, 1.165) is 5.75 Å². The summed E-state index contributed by atoms with van der Waals surface area (Å²) < 4.78 is 5.23. The van der Waals surface area contributed by atoms with Crippen molar-refractivity contribution in [2.75, 3.05) is 13.2 Å². The molecule has 0 aliphatic rings. The molecule has 0 aliphatic heterocycles. The lowest BCUT2D eigenvalue weighted by Gasteiger charge is -2.03. The summed E-state index contributed by atoms with van der Waals surface area (Å²) in [5, 5.41) is 0.680. The summed E-state index contributed by atoms with van der Waals surface area (Å²) in [6.45, 7) is 1.05. The number of nitrogens with two attached hydrogens (primary N) is 1. The fourth-order valence-corrected chi connectivity index (χ4v) is 0.914. The first-order valence-electron chi connectivity index (χ1n) is 3.41. The molecule has 2 nitrogen and oxygen atoms in total. The Bertz CT molecular complexity index is 230. The van der Waals surface area contributed by atoms with Crippen LogP contribution in [0.15, 0.2) is 24.3 Å². The van der Waals surface area contributed by atoms with Crippen LogP contribution in [0, 0.1) is 0 Å². The highest BCUT2D eigenvalue weighted by Crippen LogP contribution is 2.16. The van der Waals surface area contributed by atoms with E-state index < -0.39 is 0 Å². The third-order valence-electron chi connectivity index (χ3n) is 1.18. The van der Waals surface area contributed by atoms with Crippen molar-refractivity contribution in [3.8, 4) is 5.75 Å². The normalized spacial score (nSPS) is 8.83. The van der Waals surface area contributed by atoms with Gasteiger partial charge in [-0.2, -0.15) is 0 Å². The molecule has 12 heavy (non-hydrogen) atoms. The zero-order valence-electron chi connectivity index (χ0n) is 6.50. The number of benzene rings is 1. The van der Waals surface area contributed by atoms with Gasteiger partial charge in [0.25, 0.3) is 0 Å². The Morgan fingerprint density at radius 2 is 2.17 bits per heavy atom. The van der Waals surface area contributed by atoms with Gasteiger partial charge in [-0.3, -0.25) is 0 Å². The maximum atomic E-state index is 5.71. The first-order valence-corrected chi connectivity index (χ1v) is 3.79. The lowest BCUT2D eigenvalue weighted by molar-refractivity contribution is 0.328. The standard InChI is InChI=1S/C8H10ClNO.ClH/c9-7-2-1-3-8(6-7)11-5-4-10;/h1-3,6H,4-5,10H2;1H. The van der Waals surface area contributed by atoms with Crippen LogP contribution in [-0.4, -0.2) is 13.2 Å². The highest BCUT2D eigenvalue weighted by molar-refractivity contribution is 6.30. The summed E-state index contributed by atoms with van der Waals surface area (Å²) in [6.07, 6.45) is 0. The molecule has 0 aromatic heterocycles. The molecule has 0 aliphatic carbocycles. The first kappa shape index (κ1) is 11.6. The average molecular weight is 208 g/mol. The monoisotopic (exact) mass is 207 g/mol. The van der Waals surface area contributed by atoms with Crippen LogP contribution >= 0.6 is 24.0 Å². The molecule has 1 aromatic carbocycles. The molecule has 0 saturated carbocycles. The first-order chi connectivity index (χ1) is 5.33. The predicted octanol–water partition coefficient (Wildman–Crippen LogP) is 2.10. The molecular formula is C8H11Cl2NO. The van der Waals surface area contributed by atoms with Gasteiger partial charge in [0.05, 0.1) is 0 Å². The molecule has 0 fully saturated rings. The molecule has 0 spiro atoms. The van der Waals surface area contributed by atoms with Gasteiger partial charge in [-0.1, -0.05) is 17.7 Å². The van der Waals surface area contributed by atoms with Gasteiger partial charge >= 0.3 is 0 Å². The van der Waals surface area contributed by atoms with E-state index in [1.807, 2.05) is 12.1 Å². The van der Waals surface area contributed by atoms with Gasteiger partial charge < -0.3 is 10.5 Å². The third-order valence-corrected chi connectivity index (χ3v) is 1.42. The van der Waals surface area contributed by atoms with Crippen LogP contribution in [0.5, 0.6) is 5.75 Å². The molecule has 0 amide bonds. The van der Waals surface area contributed by atoms with Gasteiger partial charge in [0.1, 0.15) is 12.4 Å². The van der Waals surface area contributed by atoms with Crippen molar-refractivity contribution in [1.82, 2.24) is 0 Å². The van der Waals surface area contributed by atoms with E-state index in [4.69, 9.17) is 22.1 Å². The Kier molecular flexibility index (Phi) is 5.89. The van der Waals surface area contributed by atoms with E-state index >= 15 is 0 Å². The minimum absolute atomic E-state index is 0. The largest absolute Gasteiger partial charge is 0.492 e. The van der Waals surface area contributed by atoms with E-state index in [2.05, 4.69) is 0 Å². The van der Waals surface area contributed by atoms with Crippen LogP contribution in [0.2, 0.25) is 5.02 Å². The molecule has 1 rings (SSSR count). The quantitative estimate of drug-likeness (QED) is 0.825. The fourth-order valence-electron chi connectivity index (χ4n) is 0.734. The molecule has 68 valence electrons. The van der Waals surface area contributed by atoms with E-state index in [9.17, 15) is 0 Å². The molecule has 0 bridgehead atoms. The summed E-state index contributed by atoms with van der Waals surface area (Å²) in [5.74, 6) is 0.767. The second kappa shape index (κ2) is 6.12. The van der Waals surface area contributed by atoms with Crippen LogP contribution in [0.1, 0.15) is 0 Å². The highest BCUT2D eigenvalue weighted by Gasteiger charge is 1.92. The fraction of sp³-hybridized carbons (Fsp3) is 0.250. The van der Waals surface area contributed by atoms with Crippen LogP contribution < -0.4 is 10.5 Å². The highest BCUT2D eigenvalue weighted by atomic mass is 35.5. The zero-order valence-corrected chi connectivity index (χ0v) is 8.07. The Morgan fingerprint density at radius 3 is 2.75 bits per heavy atom. The Hall–Kier alpha value is -0.440. The minimum Gasteiger partial charge on any atom is -0.492 e. The van der Waals surface area contributed by atoms with Gasteiger partial charge in [-0.25, -0.2) is 0 Å². The predicted molar refractivity (Wildman–Crippen MR) is 53.2 cm³/mol. The van der Waals surface area contributed by atoms with Gasteiger partial charge in [0.2, 0.25) is 0 Å². The topological polar surface area (TPSA) is 35.2 Å². The average Bonchev–Trinajstić information content (AvgIpc) is 2.01. The minimum atomic E-state index is 0. The number of hydrogen-bond donors (Lipinski definition) is 1. The Balaban J connectivity index is 0.00000121. The molecule has 4 heteroatoms. The smallest absolute Gasteiger partial charge is 0.120 e. The van der Waals surface area contributed by atoms with Gasteiger partial charge in [0, 0.05) is 11.6 Å². The molecule has 0 radical (unpaired) electrons. The van der Waals surface area contributed by atoms with Crippen LogP contribution in [-0.2, 0) is 0 Å². The number of ether oxygens (including phenoxy) is 1. The van der Waals surface area contributed by atoms with Crippen molar-refractivity contribution in [3.05, 3.63) is 29.3 Å². The second-order valence-corrected chi connectivity index (χ2v) is 2.53. The lowest BCUT2D eigenvalue weighted by atomic mass is 10.3. The maximum Gasteiger partial charge on any atom is 0.120 e. The third kappa shape index (κ3) is 3.81. The summed E-state index contributed by atoms with van der Waals surface area (Å²) >= 11 is 5.71. The van der Waals surface area contributed by atoms with Crippen LogP contribution in [0.25, 0.3) is 0 Å². The van der Waals surface area contributed by atoms with Gasteiger partial charge in [0.15, 0.2) is 0 Å². The molecule has 0 unspecified atom stereocenters. The number of hydrogen-bond acceptors (Lipinski definition) is 2. The number of rotatable bonds is 3. The van der Waals surface area contributed by atoms with Crippen molar-refractivity contribution in [2.45, 2.75) is 0 Å². The molecule has 0 atom stereocenters. The molecule has 0 saturated heterocycles. The molecular weight excluding hydrogens is 197 g/mol.